The van der Waals surface area contributed by atoms with Gasteiger partial charge in [0, 0.05) is 38.5 Å². The Kier molecular flexibility index (Phi) is 13.0. The van der Waals surface area contributed by atoms with Crippen molar-refractivity contribution in [2.24, 2.45) is 10.9 Å². The van der Waals surface area contributed by atoms with Crippen LogP contribution in [0.1, 0.15) is 38.6 Å². The van der Waals surface area contributed by atoms with E-state index in [1.165, 1.54) is 5.69 Å². The maximum absolute atomic E-state index is 5.57. The molecule has 140 valence electrons. The van der Waals surface area contributed by atoms with E-state index in [9.17, 15) is 0 Å². The summed E-state index contributed by atoms with van der Waals surface area (Å²) in [7, 11) is 0. The lowest BCUT2D eigenvalue weighted by atomic mass is 10.2. The van der Waals surface area contributed by atoms with Gasteiger partial charge in [0.05, 0.1) is 12.3 Å². The lowest BCUT2D eigenvalue weighted by molar-refractivity contribution is 0.114. The number of guanidine groups is 1. The molecule has 0 radical (unpaired) electrons. The molecule has 0 aliphatic heterocycles. The van der Waals surface area contributed by atoms with Crippen molar-refractivity contribution < 1.29 is 4.74 Å². The van der Waals surface area contributed by atoms with Crippen molar-refractivity contribution >= 4 is 29.9 Å². The Morgan fingerprint density at radius 2 is 2.08 bits per heavy atom. The van der Waals surface area contributed by atoms with E-state index < -0.39 is 0 Å². The number of hydrogen-bond donors (Lipinski definition) is 2. The van der Waals surface area contributed by atoms with Crippen LogP contribution in [0.25, 0.3) is 0 Å². The number of rotatable bonds is 10. The average molecular weight is 451 g/mol. The molecule has 0 atom stereocenters. The normalized spacial score (nSPS) is 11.5. The van der Waals surface area contributed by atoms with Crippen molar-refractivity contribution in [3.05, 3.63) is 17.5 Å². The first-order valence-electron chi connectivity index (χ1n) is 8.64. The number of halogens is 1. The lowest BCUT2D eigenvalue weighted by Crippen LogP contribution is -2.39. The number of nitrogens with one attached hydrogen (secondary N) is 2. The van der Waals surface area contributed by atoms with Gasteiger partial charge >= 0.3 is 0 Å². The summed E-state index contributed by atoms with van der Waals surface area (Å²) < 4.78 is 7.61. The van der Waals surface area contributed by atoms with Gasteiger partial charge in [0.2, 0.25) is 0 Å². The summed E-state index contributed by atoms with van der Waals surface area (Å²) in [5, 5.41) is 11.0. The third-order valence-electron chi connectivity index (χ3n) is 3.24. The van der Waals surface area contributed by atoms with E-state index in [0.29, 0.717) is 12.5 Å². The summed E-state index contributed by atoms with van der Waals surface area (Å²) in [5.41, 5.74) is 2.28. The first-order chi connectivity index (χ1) is 11.0. The van der Waals surface area contributed by atoms with E-state index >= 15 is 0 Å². The molecule has 1 heterocycles. The van der Waals surface area contributed by atoms with Gasteiger partial charge in [-0.15, -0.1) is 24.0 Å². The Balaban J connectivity index is 0.00000529. The summed E-state index contributed by atoms with van der Waals surface area (Å²) in [5.74, 6) is 1.43. The van der Waals surface area contributed by atoms with Gasteiger partial charge in [-0.05, 0) is 39.2 Å². The highest BCUT2D eigenvalue weighted by Gasteiger charge is 2.01. The zero-order chi connectivity index (χ0) is 17.1. The number of hydrogen-bond acceptors (Lipinski definition) is 3. The number of aliphatic imine (C=N–C) groups is 1. The third-order valence-corrected chi connectivity index (χ3v) is 3.24. The van der Waals surface area contributed by atoms with E-state index in [1.807, 2.05) is 11.6 Å². The number of aryl methyl sites for hydroxylation is 3. The molecule has 0 unspecified atom stereocenters. The minimum atomic E-state index is 0. The topological polar surface area (TPSA) is 63.5 Å². The zero-order valence-electron chi connectivity index (χ0n) is 15.8. The number of nitrogens with zero attached hydrogens (tertiary/aromatic N) is 3. The maximum Gasteiger partial charge on any atom is 0.191 e. The van der Waals surface area contributed by atoms with Crippen molar-refractivity contribution in [2.45, 2.75) is 47.6 Å². The van der Waals surface area contributed by atoms with E-state index in [0.717, 1.165) is 50.9 Å². The molecule has 24 heavy (non-hydrogen) atoms. The molecule has 0 fully saturated rings. The van der Waals surface area contributed by atoms with Gasteiger partial charge in [-0.25, -0.2) is 0 Å². The quantitative estimate of drug-likeness (QED) is 0.249. The molecule has 0 aromatic carbocycles. The molecule has 1 rings (SSSR count). The summed E-state index contributed by atoms with van der Waals surface area (Å²) in [6.45, 7) is 15.3. The minimum absolute atomic E-state index is 0. The summed E-state index contributed by atoms with van der Waals surface area (Å²) in [4.78, 5) is 4.60. The molecule has 1 aromatic rings. The van der Waals surface area contributed by atoms with E-state index in [1.54, 1.807) is 0 Å². The third kappa shape index (κ3) is 10.1. The van der Waals surface area contributed by atoms with E-state index in [2.05, 4.69) is 54.5 Å². The second-order valence-electron chi connectivity index (χ2n) is 6.16. The maximum atomic E-state index is 5.57. The second-order valence-corrected chi connectivity index (χ2v) is 6.16. The predicted molar refractivity (Wildman–Crippen MR) is 111 cm³/mol. The average Bonchev–Trinajstić information content (AvgIpc) is 2.80. The summed E-state index contributed by atoms with van der Waals surface area (Å²) in [6.07, 6.45) is 0.975. The minimum Gasteiger partial charge on any atom is -0.379 e. The van der Waals surface area contributed by atoms with Gasteiger partial charge in [-0.1, -0.05) is 13.8 Å². The predicted octanol–water partition coefficient (Wildman–Crippen LogP) is 2.74. The first kappa shape index (κ1) is 23.2. The fourth-order valence-corrected chi connectivity index (χ4v) is 2.22. The Bertz CT molecular complexity index is 474. The molecule has 7 heteroatoms. The van der Waals surface area contributed by atoms with Crippen LogP contribution in [0.2, 0.25) is 0 Å². The Hall–Kier alpha value is -0.830. The van der Waals surface area contributed by atoms with Crippen LogP contribution in [0.4, 0.5) is 0 Å². The SMILES string of the molecule is CCNC(=NCCCn1nc(C)cc1C)NCCOCC(C)C.I. The van der Waals surface area contributed by atoms with Crippen LogP contribution in [0, 0.1) is 19.8 Å². The highest BCUT2D eigenvalue weighted by Crippen LogP contribution is 2.02. The van der Waals surface area contributed by atoms with Crippen LogP contribution >= 0.6 is 24.0 Å². The molecule has 0 saturated carbocycles. The molecule has 0 aliphatic rings. The summed E-state index contributed by atoms with van der Waals surface area (Å²) >= 11 is 0. The highest BCUT2D eigenvalue weighted by atomic mass is 127. The fraction of sp³-hybridized carbons (Fsp3) is 0.765. The largest absolute Gasteiger partial charge is 0.379 e. The second kappa shape index (κ2) is 13.5. The molecule has 2 N–H and O–H groups in total. The smallest absolute Gasteiger partial charge is 0.191 e. The monoisotopic (exact) mass is 451 g/mol. The van der Waals surface area contributed by atoms with Crippen LogP contribution in [0.15, 0.2) is 11.1 Å². The molecule has 1 aromatic heterocycles. The van der Waals surface area contributed by atoms with Gasteiger partial charge < -0.3 is 15.4 Å². The van der Waals surface area contributed by atoms with Crippen LogP contribution < -0.4 is 10.6 Å². The van der Waals surface area contributed by atoms with Crippen LogP contribution in [-0.2, 0) is 11.3 Å². The first-order valence-corrected chi connectivity index (χ1v) is 8.64. The molecule has 0 amide bonds. The fourth-order valence-electron chi connectivity index (χ4n) is 2.22. The van der Waals surface area contributed by atoms with E-state index in [-0.39, 0.29) is 24.0 Å². The van der Waals surface area contributed by atoms with Crippen molar-refractivity contribution in [2.75, 3.05) is 32.8 Å². The number of ether oxygens (including phenoxy) is 1. The molecule has 0 saturated heterocycles. The number of aromatic nitrogens is 2. The van der Waals surface area contributed by atoms with Crippen molar-refractivity contribution in [3.8, 4) is 0 Å². The zero-order valence-corrected chi connectivity index (χ0v) is 18.1. The van der Waals surface area contributed by atoms with Gasteiger partial charge in [0.15, 0.2) is 5.96 Å². The molecule has 0 bridgehead atoms. The van der Waals surface area contributed by atoms with Gasteiger partial charge in [0.25, 0.3) is 0 Å². The Morgan fingerprint density at radius 1 is 1.33 bits per heavy atom. The standard InChI is InChI=1S/C17H33N5O.HI/c1-6-18-17(20-9-11-23-13-14(2)3)19-8-7-10-22-16(5)12-15(4)21-22;/h12,14H,6-11,13H2,1-5H3,(H2,18,19,20);1H. The lowest BCUT2D eigenvalue weighted by Gasteiger charge is -2.12. The Labute approximate surface area is 163 Å². The Morgan fingerprint density at radius 3 is 2.67 bits per heavy atom. The molecule has 0 aliphatic carbocycles. The highest BCUT2D eigenvalue weighted by molar-refractivity contribution is 14.0. The van der Waals surface area contributed by atoms with Crippen molar-refractivity contribution in [1.82, 2.24) is 20.4 Å². The van der Waals surface area contributed by atoms with Gasteiger partial charge in [0.1, 0.15) is 0 Å². The molecule has 0 spiro atoms. The molecule has 6 nitrogen and oxygen atoms in total. The summed E-state index contributed by atoms with van der Waals surface area (Å²) in [6, 6.07) is 2.10. The van der Waals surface area contributed by atoms with Crippen LogP contribution in [0.3, 0.4) is 0 Å². The molecular formula is C17H34IN5O. The van der Waals surface area contributed by atoms with Gasteiger partial charge in [-0.3, -0.25) is 9.67 Å². The van der Waals surface area contributed by atoms with Crippen molar-refractivity contribution in [3.63, 3.8) is 0 Å². The van der Waals surface area contributed by atoms with Crippen LogP contribution in [-0.4, -0.2) is 48.6 Å². The van der Waals surface area contributed by atoms with Crippen molar-refractivity contribution in [1.29, 1.82) is 0 Å². The van der Waals surface area contributed by atoms with Gasteiger partial charge in [-0.2, -0.15) is 5.10 Å². The van der Waals surface area contributed by atoms with E-state index in [4.69, 9.17) is 4.74 Å². The van der Waals surface area contributed by atoms with Crippen LogP contribution in [0.5, 0.6) is 0 Å². The molecular weight excluding hydrogens is 417 g/mol.